The minimum atomic E-state index is -0.591. The summed E-state index contributed by atoms with van der Waals surface area (Å²) in [7, 11) is 0. The summed E-state index contributed by atoms with van der Waals surface area (Å²) in [6.45, 7) is 1.64. The van der Waals surface area contributed by atoms with Gasteiger partial charge >= 0.3 is 5.97 Å². The summed E-state index contributed by atoms with van der Waals surface area (Å²) in [5.74, 6) is 1.03. The number of nitrogens with one attached hydrogen (secondary N) is 2. The molecule has 1 aromatic carbocycles. The van der Waals surface area contributed by atoms with E-state index in [0.717, 1.165) is 17.9 Å². The Morgan fingerprint density at radius 2 is 2.20 bits per heavy atom. The van der Waals surface area contributed by atoms with Gasteiger partial charge in [-0.3, -0.25) is 4.79 Å². The summed E-state index contributed by atoms with van der Waals surface area (Å²) in [4.78, 5) is 11.7. The Kier molecular flexibility index (Phi) is 8.69. The SMILES string of the molecule is N=CCNCCSCC(N)C(=O)OCc1ccccc1. The number of nitrogens with two attached hydrogens (primary N) is 1. The number of rotatable bonds is 10. The monoisotopic (exact) mass is 295 g/mol. The van der Waals surface area contributed by atoms with Crippen LogP contribution >= 0.6 is 11.8 Å². The number of thioether (sulfide) groups is 1. The van der Waals surface area contributed by atoms with E-state index in [2.05, 4.69) is 5.32 Å². The molecule has 20 heavy (non-hydrogen) atoms. The van der Waals surface area contributed by atoms with Gasteiger partial charge in [0.25, 0.3) is 0 Å². The summed E-state index contributed by atoms with van der Waals surface area (Å²) < 4.78 is 5.16. The summed E-state index contributed by atoms with van der Waals surface area (Å²) in [5.41, 5.74) is 6.73. The fourth-order valence-corrected chi connectivity index (χ4v) is 2.28. The molecule has 0 radical (unpaired) electrons. The Morgan fingerprint density at radius 1 is 1.45 bits per heavy atom. The van der Waals surface area contributed by atoms with E-state index in [1.165, 1.54) is 6.21 Å². The van der Waals surface area contributed by atoms with Crippen molar-refractivity contribution in [2.75, 3.05) is 24.6 Å². The third kappa shape index (κ3) is 7.28. The van der Waals surface area contributed by atoms with Crippen molar-refractivity contribution in [1.82, 2.24) is 5.32 Å². The fourth-order valence-electron chi connectivity index (χ4n) is 1.43. The normalized spacial score (nSPS) is 11.8. The van der Waals surface area contributed by atoms with Gasteiger partial charge in [-0.05, 0) is 5.56 Å². The van der Waals surface area contributed by atoms with Crippen molar-refractivity contribution in [2.24, 2.45) is 5.73 Å². The second-order valence-electron chi connectivity index (χ2n) is 4.18. The second kappa shape index (κ2) is 10.4. The van der Waals surface area contributed by atoms with Crippen molar-refractivity contribution < 1.29 is 9.53 Å². The first kappa shape index (κ1) is 16.7. The minimum Gasteiger partial charge on any atom is -0.460 e. The lowest BCUT2D eigenvalue weighted by Gasteiger charge is -2.11. The zero-order valence-corrected chi connectivity index (χ0v) is 12.2. The number of ether oxygens (including phenoxy) is 1. The molecule has 0 aliphatic heterocycles. The molecule has 5 nitrogen and oxygen atoms in total. The van der Waals surface area contributed by atoms with Gasteiger partial charge in [-0.15, -0.1) is 0 Å². The zero-order valence-electron chi connectivity index (χ0n) is 11.4. The van der Waals surface area contributed by atoms with Crippen LogP contribution in [0.25, 0.3) is 0 Å². The summed E-state index contributed by atoms with van der Waals surface area (Å²) in [5, 5.41) is 9.91. The van der Waals surface area contributed by atoms with E-state index in [1.54, 1.807) is 11.8 Å². The van der Waals surface area contributed by atoms with Crippen LogP contribution < -0.4 is 11.1 Å². The lowest BCUT2D eigenvalue weighted by molar-refractivity contribution is -0.145. The molecule has 0 amide bonds. The van der Waals surface area contributed by atoms with Crippen LogP contribution in [0.4, 0.5) is 0 Å². The quantitative estimate of drug-likeness (QED) is 0.341. The standard InChI is InChI=1S/C14H21N3O2S/c15-6-7-17-8-9-20-11-13(16)14(18)19-10-12-4-2-1-3-5-12/h1-6,13,15,17H,7-11,16H2. The number of hydrogen-bond donors (Lipinski definition) is 3. The highest BCUT2D eigenvalue weighted by Crippen LogP contribution is 2.05. The lowest BCUT2D eigenvalue weighted by Crippen LogP contribution is -2.35. The van der Waals surface area contributed by atoms with Gasteiger partial charge in [-0.1, -0.05) is 30.3 Å². The van der Waals surface area contributed by atoms with Gasteiger partial charge in [0.2, 0.25) is 0 Å². The van der Waals surface area contributed by atoms with Crippen LogP contribution in [0, 0.1) is 5.41 Å². The van der Waals surface area contributed by atoms with Crippen LogP contribution in [0.15, 0.2) is 30.3 Å². The number of esters is 1. The lowest BCUT2D eigenvalue weighted by atomic mass is 10.2. The van der Waals surface area contributed by atoms with Crippen LogP contribution in [-0.2, 0) is 16.1 Å². The van der Waals surface area contributed by atoms with Crippen molar-refractivity contribution in [1.29, 1.82) is 5.41 Å². The van der Waals surface area contributed by atoms with Gasteiger partial charge < -0.3 is 21.2 Å². The molecule has 0 saturated heterocycles. The van der Waals surface area contributed by atoms with Gasteiger partial charge in [0.05, 0.1) is 0 Å². The molecule has 110 valence electrons. The smallest absolute Gasteiger partial charge is 0.324 e. The molecule has 4 N–H and O–H groups in total. The molecule has 6 heteroatoms. The number of carbonyl (C=O) groups is 1. The van der Waals surface area contributed by atoms with Crippen molar-refractivity contribution >= 4 is 23.9 Å². The van der Waals surface area contributed by atoms with E-state index in [4.69, 9.17) is 15.9 Å². The molecule has 0 aliphatic rings. The van der Waals surface area contributed by atoms with Crippen molar-refractivity contribution in [3.05, 3.63) is 35.9 Å². The first-order valence-electron chi connectivity index (χ1n) is 6.47. The Hall–Kier alpha value is -1.37. The first-order chi connectivity index (χ1) is 9.74. The molecular formula is C14H21N3O2S. The Bertz CT molecular complexity index is 401. The highest BCUT2D eigenvalue weighted by Gasteiger charge is 2.14. The third-order valence-electron chi connectivity index (χ3n) is 2.49. The molecule has 0 aromatic heterocycles. The second-order valence-corrected chi connectivity index (χ2v) is 5.33. The molecule has 0 spiro atoms. The molecule has 0 heterocycles. The van der Waals surface area contributed by atoms with E-state index in [-0.39, 0.29) is 12.6 Å². The Balaban J connectivity index is 2.11. The van der Waals surface area contributed by atoms with E-state index in [9.17, 15) is 4.79 Å². The van der Waals surface area contributed by atoms with Gasteiger partial charge in [0, 0.05) is 30.8 Å². The van der Waals surface area contributed by atoms with E-state index < -0.39 is 6.04 Å². The predicted octanol–water partition coefficient (Wildman–Crippen LogP) is 1.03. The highest BCUT2D eigenvalue weighted by molar-refractivity contribution is 7.99. The molecule has 1 aromatic rings. The molecule has 1 rings (SSSR count). The van der Waals surface area contributed by atoms with Crippen molar-refractivity contribution in [3.63, 3.8) is 0 Å². The Morgan fingerprint density at radius 3 is 2.90 bits per heavy atom. The van der Waals surface area contributed by atoms with E-state index in [1.807, 2.05) is 30.3 Å². The average molecular weight is 295 g/mol. The zero-order chi connectivity index (χ0) is 14.6. The number of carbonyl (C=O) groups excluding carboxylic acids is 1. The van der Waals surface area contributed by atoms with Crippen molar-refractivity contribution in [2.45, 2.75) is 12.6 Å². The van der Waals surface area contributed by atoms with E-state index in [0.29, 0.717) is 12.3 Å². The molecule has 0 aliphatic carbocycles. The maximum atomic E-state index is 11.7. The topological polar surface area (TPSA) is 88.2 Å². The first-order valence-corrected chi connectivity index (χ1v) is 7.63. The largest absolute Gasteiger partial charge is 0.460 e. The van der Waals surface area contributed by atoms with Crippen LogP contribution in [0.3, 0.4) is 0 Å². The average Bonchev–Trinajstić information content (AvgIpc) is 2.49. The number of benzene rings is 1. The van der Waals surface area contributed by atoms with Crippen LogP contribution in [0.2, 0.25) is 0 Å². The van der Waals surface area contributed by atoms with Crippen molar-refractivity contribution in [3.8, 4) is 0 Å². The molecule has 0 fully saturated rings. The van der Waals surface area contributed by atoms with E-state index >= 15 is 0 Å². The summed E-state index contributed by atoms with van der Waals surface area (Å²) in [6, 6.07) is 8.94. The predicted molar refractivity (Wildman–Crippen MR) is 83.2 cm³/mol. The third-order valence-corrected chi connectivity index (χ3v) is 3.58. The van der Waals surface area contributed by atoms with Crippen LogP contribution in [-0.4, -0.2) is 42.8 Å². The van der Waals surface area contributed by atoms with Gasteiger partial charge in [0.1, 0.15) is 12.6 Å². The van der Waals surface area contributed by atoms with Gasteiger partial charge in [-0.25, -0.2) is 0 Å². The molecule has 0 saturated carbocycles. The minimum absolute atomic E-state index is 0.263. The molecule has 1 unspecified atom stereocenters. The van der Waals surface area contributed by atoms with Crippen LogP contribution in [0.5, 0.6) is 0 Å². The molecular weight excluding hydrogens is 274 g/mol. The maximum Gasteiger partial charge on any atom is 0.324 e. The highest BCUT2D eigenvalue weighted by atomic mass is 32.2. The number of hydrogen-bond acceptors (Lipinski definition) is 6. The van der Waals surface area contributed by atoms with Crippen LogP contribution in [0.1, 0.15) is 5.56 Å². The van der Waals surface area contributed by atoms with Gasteiger partial charge in [-0.2, -0.15) is 11.8 Å². The summed E-state index contributed by atoms with van der Waals surface area (Å²) >= 11 is 1.60. The maximum absolute atomic E-state index is 11.7. The fraction of sp³-hybridized carbons (Fsp3) is 0.429. The molecule has 1 atom stereocenters. The molecule has 0 bridgehead atoms. The van der Waals surface area contributed by atoms with Gasteiger partial charge in [0.15, 0.2) is 0 Å². The summed E-state index contributed by atoms with van der Waals surface area (Å²) in [6.07, 6.45) is 1.32. The Labute approximate surface area is 123 Å².